The average Bonchev–Trinajstić information content (AvgIpc) is 3.31. The van der Waals surface area contributed by atoms with Crippen molar-refractivity contribution in [1.29, 1.82) is 0 Å². The summed E-state index contributed by atoms with van der Waals surface area (Å²) >= 11 is 0. The molecule has 2 N–H and O–H groups in total. The molecule has 0 amide bonds. The van der Waals surface area contributed by atoms with Gasteiger partial charge in [0.2, 0.25) is 10.0 Å². The van der Waals surface area contributed by atoms with Crippen LogP contribution < -0.4 is 10.5 Å². The highest BCUT2D eigenvalue weighted by Crippen LogP contribution is 2.38. The first-order valence-corrected chi connectivity index (χ1v) is 8.27. The summed E-state index contributed by atoms with van der Waals surface area (Å²) in [5.41, 5.74) is 5.17. The van der Waals surface area contributed by atoms with E-state index in [2.05, 4.69) is 0 Å². The first-order chi connectivity index (χ1) is 10.3. The van der Waals surface area contributed by atoms with Crippen molar-refractivity contribution < 1.29 is 18.1 Å². The first-order valence-electron chi connectivity index (χ1n) is 6.83. The Hall–Kier alpha value is -1.42. The Bertz CT molecular complexity index is 678. The van der Waals surface area contributed by atoms with Crippen LogP contribution in [-0.2, 0) is 10.0 Å². The van der Waals surface area contributed by atoms with Crippen LogP contribution in [0.5, 0.6) is 5.75 Å². The third kappa shape index (κ3) is 3.92. The number of nitrogens with zero attached hydrogens (tertiary/aromatic N) is 2. The molecule has 0 aliphatic heterocycles. The van der Waals surface area contributed by atoms with E-state index < -0.39 is 20.6 Å². The van der Waals surface area contributed by atoms with E-state index >= 15 is 0 Å². The Labute approximate surface area is 141 Å². The number of likely N-dealkylation sites (N-methyl/N-ethyl adjacent to an activating group) is 1. The van der Waals surface area contributed by atoms with Gasteiger partial charge in [-0.25, -0.2) is 8.42 Å². The van der Waals surface area contributed by atoms with E-state index in [0.717, 1.165) is 23.2 Å². The van der Waals surface area contributed by atoms with Crippen molar-refractivity contribution in [3.63, 3.8) is 0 Å². The lowest BCUT2D eigenvalue weighted by molar-refractivity contribution is -0.387. The van der Waals surface area contributed by atoms with Gasteiger partial charge < -0.3 is 10.5 Å². The van der Waals surface area contributed by atoms with Crippen LogP contribution in [0.15, 0.2) is 23.1 Å². The number of nitrogens with two attached hydrogens (primary N) is 1. The predicted molar refractivity (Wildman–Crippen MR) is 87.4 cm³/mol. The highest BCUT2D eigenvalue weighted by molar-refractivity contribution is 7.89. The number of methoxy groups -OCH3 is 1. The second-order valence-corrected chi connectivity index (χ2v) is 7.22. The smallest absolute Gasteiger partial charge is 0.293 e. The van der Waals surface area contributed by atoms with Gasteiger partial charge in [-0.3, -0.25) is 10.1 Å². The molecule has 0 spiro atoms. The van der Waals surface area contributed by atoms with Crippen LogP contribution >= 0.6 is 12.4 Å². The van der Waals surface area contributed by atoms with Crippen LogP contribution in [0.2, 0.25) is 0 Å². The highest BCUT2D eigenvalue weighted by atomic mass is 35.5. The first kappa shape index (κ1) is 19.6. The van der Waals surface area contributed by atoms with Gasteiger partial charge >= 0.3 is 0 Å². The van der Waals surface area contributed by atoms with Crippen LogP contribution in [0.25, 0.3) is 0 Å². The lowest BCUT2D eigenvalue weighted by Gasteiger charge is -2.26. The van der Waals surface area contributed by atoms with Crippen LogP contribution in [0, 0.1) is 16.0 Å². The Morgan fingerprint density at radius 2 is 2.09 bits per heavy atom. The summed E-state index contributed by atoms with van der Waals surface area (Å²) in [6.45, 7) is 0.185. The average molecular weight is 366 g/mol. The van der Waals surface area contributed by atoms with Gasteiger partial charge in [0, 0.05) is 19.6 Å². The summed E-state index contributed by atoms with van der Waals surface area (Å²) in [5, 5.41) is 11.2. The van der Waals surface area contributed by atoms with Gasteiger partial charge in [-0.05, 0) is 30.9 Å². The molecule has 1 aromatic carbocycles. The topological polar surface area (TPSA) is 116 Å². The second-order valence-electron chi connectivity index (χ2n) is 5.25. The van der Waals surface area contributed by atoms with E-state index in [0.29, 0.717) is 0 Å². The molecule has 23 heavy (non-hydrogen) atoms. The van der Waals surface area contributed by atoms with Crippen molar-refractivity contribution >= 4 is 28.1 Å². The van der Waals surface area contributed by atoms with E-state index in [1.165, 1.54) is 26.3 Å². The Kier molecular flexibility index (Phi) is 6.34. The third-order valence-corrected chi connectivity index (χ3v) is 5.82. The number of benzene rings is 1. The normalized spacial score (nSPS) is 15.8. The molecule has 2 rings (SSSR count). The van der Waals surface area contributed by atoms with E-state index in [4.69, 9.17) is 10.5 Å². The number of hydrogen-bond acceptors (Lipinski definition) is 6. The fraction of sp³-hybridized carbons (Fsp3) is 0.538. The highest BCUT2D eigenvalue weighted by Gasteiger charge is 2.40. The summed E-state index contributed by atoms with van der Waals surface area (Å²) in [5.74, 6) is 0.452. The molecule has 0 saturated heterocycles. The van der Waals surface area contributed by atoms with Crippen molar-refractivity contribution in [3.8, 4) is 5.75 Å². The van der Waals surface area contributed by atoms with Gasteiger partial charge in [-0.2, -0.15) is 4.31 Å². The SMILES string of the molecule is COc1ccc(S(=O)(=O)N(C)C(CN)C2CC2)c([N+](=O)[O-])c1.Cl. The van der Waals surface area contributed by atoms with Crippen LogP contribution in [0.3, 0.4) is 0 Å². The molecule has 0 heterocycles. The third-order valence-electron chi connectivity index (χ3n) is 3.89. The molecular weight excluding hydrogens is 346 g/mol. The minimum Gasteiger partial charge on any atom is -0.497 e. The number of sulfonamides is 1. The molecule has 0 radical (unpaired) electrons. The minimum atomic E-state index is -4.00. The second kappa shape index (κ2) is 7.43. The number of rotatable bonds is 7. The van der Waals surface area contributed by atoms with E-state index in [1.54, 1.807) is 0 Å². The maximum absolute atomic E-state index is 12.7. The maximum atomic E-state index is 12.7. The molecule has 1 unspecified atom stereocenters. The summed E-state index contributed by atoms with van der Waals surface area (Å²) < 4.78 is 31.5. The summed E-state index contributed by atoms with van der Waals surface area (Å²) in [4.78, 5) is 10.1. The van der Waals surface area contributed by atoms with Crippen LogP contribution in [0.4, 0.5) is 5.69 Å². The quantitative estimate of drug-likeness (QED) is 0.576. The van der Waals surface area contributed by atoms with Crippen molar-refractivity contribution in [2.75, 3.05) is 20.7 Å². The Morgan fingerprint density at radius 1 is 1.48 bits per heavy atom. The van der Waals surface area contributed by atoms with E-state index in [1.807, 2.05) is 0 Å². The van der Waals surface area contributed by atoms with Gasteiger partial charge in [0.05, 0.1) is 18.1 Å². The molecule has 1 atom stereocenters. The number of halogens is 1. The molecule has 10 heteroatoms. The predicted octanol–water partition coefficient (Wildman–Crippen LogP) is 1.38. The molecule has 8 nitrogen and oxygen atoms in total. The minimum absolute atomic E-state index is 0. The number of hydrogen-bond donors (Lipinski definition) is 1. The fourth-order valence-electron chi connectivity index (χ4n) is 2.44. The number of ether oxygens (including phenoxy) is 1. The molecule has 1 aromatic rings. The van der Waals surface area contributed by atoms with Crippen LogP contribution in [0.1, 0.15) is 12.8 Å². The standard InChI is InChI=1S/C13H19N3O5S.ClH/c1-15(12(8-14)9-3-4-9)22(19,20)13-6-5-10(21-2)7-11(13)16(17)18;/h5-7,9,12H,3-4,8,14H2,1-2H3;1H. The fourth-order valence-corrected chi connectivity index (χ4v) is 4.00. The van der Waals surface area contributed by atoms with E-state index in [-0.39, 0.29) is 41.6 Å². The lowest BCUT2D eigenvalue weighted by Crippen LogP contribution is -2.43. The monoisotopic (exact) mass is 365 g/mol. The van der Waals surface area contributed by atoms with Crippen molar-refractivity contribution in [2.45, 2.75) is 23.8 Å². The zero-order chi connectivity index (χ0) is 16.5. The molecule has 1 saturated carbocycles. The molecule has 1 aliphatic carbocycles. The van der Waals surface area contributed by atoms with Gasteiger partial charge in [0.15, 0.2) is 4.90 Å². The maximum Gasteiger partial charge on any atom is 0.293 e. The van der Waals surface area contributed by atoms with Gasteiger partial charge in [-0.1, -0.05) is 0 Å². The van der Waals surface area contributed by atoms with Gasteiger partial charge in [0.25, 0.3) is 5.69 Å². The van der Waals surface area contributed by atoms with Gasteiger partial charge in [0.1, 0.15) is 5.75 Å². The zero-order valence-corrected chi connectivity index (χ0v) is 14.5. The summed E-state index contributed by atoms with van der Waals surface area (Å²) in [6, 6.07) is 3.35. The van der Waals surface area contributed by atoms with Crippen molar-refractivity contribution in [1.82, 2.24) is 4.31 Å². The number of nitro benzene ring substituents is 1. The zero-order valence-electron chi connectivity index (χ0n) is 12.8. The summed E-state index contributed by atoms with van der Waals surface area (Å²) in [7, 11) is -1.23. The van der Waals surface area contributed by atoms with Crippen LogP contribution in [-0.4, -0.2) is 44.4 Å². The molecular formula is C13H20ClN3O5S. The molecule has 130 valence electrons. The van der Waals surface area contributed by atoms with Crippen molar-refractivity contribution in [3.05, 3.63) is 28.3 Å². The number of nitro groups is 1. The molecule has 0 aromatic heterocycles. The molecule has 1 aliphatic rings. The largest absolute Gasteiger partial charge is 0.497 e. The molecule has 0 bridgehead atoms. The Morgan fingerprint density at radius 3 is 2.52 bits per heavy atom. The lowest BCUT2D eigenvalue weighted by atomic mass is 10.2. The van der Waals surface area contributed by atoms with Crippen molar-refractivity contribution in [2.24, 2.45) is 11.7 Å². The van der Waals surface area contributed by atoms with Gasteiger partial charge in [-0.15, -0.1) is 12.4 Å². The molecule has 1 fully saturated rings. The summed E-state index contributed by atoms with van der Waals surface area (Å²) in [6.07, 6.45) is 1.85. The van der Waals surface area contributed by atoms with E-state index in [9.17, 15) is 18.5 Å². The Balaban J connectivity index is 0.00000264.